The maximum absolute atomic E-state index is 14.4. The number of Topliss-reactive ketones (excluding diaryl/α,β-unsaturated/α-hetero) is 1. The first-order chi connectivity index (χ1) is 18.7. The predicted octanol–water partition coefficient (Wildman–Crippen LogP) is 3.31. The molecule has 0 unspecified atom stereocenters. The zero-order valence-electron chi connectivity index (χ0n) is 21.3. The summed E-state index contributed by atoms with van der Waals surface area (Å²) in [6.45, 7) is 1.12. The van der Waals surface area contributed by atoms with E-state index < -0.39 is 24.0 Å². The highest BCUT2D eigenvalue weighted by atomic mass is 79.9. The van der Waals surface area contributed by atoms with Crippen molar-refractivity contribution in [3.63, 3.8) is 0 Å². The van der Waals surface area contributed by atoms with Crippen molar-refractivity contribution >= 4 is 62.7 Å². The molecule has 208 valence electrons. The third-order valence-corrected chi connectivity index (χ3v) is 6.87. The number of hydrogen-bond acceptors (Lipinski definition) is 8. The van der Waals surface area contributed by atoms with Crippen LogP contribution in [0.15, 0.2) is 53.4 Å². The number of anilines is 1. The fraction of sp³-hybridized carbons (Fsp3) is 0.269. The third-order valence-electron chi connectivity index (χ3n) is 6.43. The largest absolute Gasteiger partial charge is 0.326 e. The van der Waals surface area contributed by atoms with Crippen molar-refractivity contribution in [1.82, 2.24) is 29.6 Å². The predicted molar refractivity (Wildman–Crippen MR) is 151 cm³/mol. The summed E-state index contributed by atoms with van der Waals surface area (Å²) in [4.78, 5) is 52.5. The van der Waals surface area contributed by atoms with Gasteiger partial charge in [-0.1, -0.05) is 12.1 Å². The number of carbonyl (C=O) groups is 3. The SMILES string of the molecule is CC(=O)c1nn(CC(=O)N2C[C@H](F)C[C@H]2C(=O)Nc2cccc(Br)n2)c2ccc(-c3cnc(CN)nc3)cc12.Cl. The van der Waals surface area contributed by atoms with Gasteiger partial charge in [0.1, 0.15) is 40.7 Å². The molecule has 40 heavy (non-hydrogen) atoms. The van der Waals surface area contributed by atoms with Crippen LogP contribution in [0.1, 0.15) is 29.7 Å². The van der Waals surface area contributed by atoms with Gasteiger partial charge < -0.3 is 16.0 Å². The van der Waals surface area contributed by atoms with Gasteiger partial charge >= 0.3 is 0 Å². The number of pyridine rings is 1. The molecule has 1 aliphatic rings. The van der Waals surface area contributed by atoms with E-state index in [1.165, 1.54) is 16.5 Å². The van der Waals surface area contributed by atoms with Crippen molar-refractivity contribution in [2.24, 2.45) is 5.73 Å². The lowest BCUT2D eigenvalue weighted by atomic mass is 10.0. The smallest absolute Gasteiger partial charge is 0.248 e. The third kappa shape index (κ3) is 6.01. The number of benzene rings is 1. The maximum atomic E-state index is 14.4. The first kappa shape index (κ1) is 29.2. The standard InChI is InChI=1S/C26H24BrFN8O3.ClH/c1-14(37)25-18-7-15(16-10-30-23(9-29)31-11-16)5-6-19(18)36(34-25)13-24(38)35-12-17(28)8-20(35)26(39)33-22-4-2-3-21(27)32-22;/h2-7,10-11,17,20H,8-9,12-13,29H2,1H3,(H,32,33,39);1H/t17-,20+;/m1./s1. The van der Waals surface area contributed by atoms with E-state index in [1.807, 2.05) is 6.07 Å². The van der Waals surface area contributed by atoms with Crippen LogP contribution in [0.4, 0.5) is 10.2 Å². The van der Waals surface area contributed by atoms with Crippen LogP contribution in [0.2, 0.25) is 0 Å². The number of alkyl halides is 1. The average molecular weight is 632 g/mol. The van der Waals surface area contributed by atoms with Crippen molar-refractivity contribution in [2.45, 2.75) is 38.6 Å². The minimum Gasteiger partial charge on any atom is -0.326 e. The van der Waals surface area contributed by atoms with Crippen molar-refractivity contribution < 1.29 is 18.8 Å². The van der Waals surface area contributed by atoms with Crippen LogP contribution in [0, 0.1) is 0 Å². The first-order valence-electron chi connectivity index (χ1n) is 12.1. The zero-order chi connectivity index (χ0) is 27.7. The molecule has 3 aromatic heterocycles. The molecule has 11 nitrogen and oxygen atoms in total. The first-order valence-corrected chi connectivity index (χ1v) is 12.9. The van der Waals surface area contributed by atoms with Gasteiger partial charge in [-0.15, -0.1) is 12.4 Å². The van der Waals surface area contributed by atoms with Crippen molar-refractivity contribution in [1.29, 1.82) is 0 Å². The highest BCUT2D eigenvalue weighted by Crippen LogP contribution is 2.28. The Labute approximate surface area is 242 Å². The van der Waals surface area contributed by atoms with Gasteiger partial charge in [-0.25, -0.2) is 19.3 Å². The van der Waals surface area contributed by atoms with Gasteiger partial charge in [0.25, 0.3) is 0 Å². The van der Waals surface area contributed by atoms with Gasteiger partial charge in [0.15, 0.2) is 5.78 Å². The van der Waals surface area contributed by atoms with Crippen LogP contribution < -0.4 is 11.1 Å². The number of likely N-dealkylation sites (tertiary alicyclic amines) is 1. The average Bonchev–Trinajstić information content (AvgIpc) is 3.49. The van der Waals surface area contributed by atoms with Gasteiger partial charge in [0.05, 0.1) is 18.6 Å². The number of ketones is 1. The molecule has 0 bridgehead atoms. The van der Waals surface area contributed by atoms with E-state index in [-0.39, 0.29) is 55.8 Å². The summed E-state index contributed by atoms with van der Waals surface area (Å²) in [5.41, 5.74) is 7.81. The Bertz CT molecular complexity index is 1580. The van der Waals surface area contributed by atoms with E-state index >= 15 is 0 Å². The summed E-state index contributed by atoms with van der Waals surface area (Å²) in [5.74, 6) is -0.509. The number of nitrogens with two attached hydrogens (primary N) is 1. The Morgan fingerprint density at radius 2 is 1.90 bits per heavy atom. The van der Waals surface area contributed by atoms with Crippen LogP contribution in [-0.2, 0) is 22.7 Å². The van der Waals surface area contributed by atoms with E-state index in [0.717, 1.165) is 11.1 Å². The van der Waals surface area contributed by atoms with E-state index in [2.05, 4.69) is 41.3 Å². The number of amides is 2. The molecule has 2 atom stereocenters. The van der Waals surface area contributed by atoms with Crippen LogP contribution in [0.3, 0.4) is 0 Å². The molecule has 0 radical (unpaired) electrons. The van der Waals surface area contributed by atoms with Crippen LogP contribution in [0.25, 0.3) is 22.0 Å². The monoisotopic (exact) mass is 630 g/mol. The fourth-order valence-electron chi connectivity index (χ4n) is 4.56. The molecular formula is C26H25BrClFN8O3. The highest BCUT2D eigenvalue weighted by Gasteiger charge is 2.40. The topological polar surface area (TPSA) is 149 Å². The number of halogens is 3. The number of aromatic nitrogens is 5. The lowest BCUT2D eigenvalue weighted by molar-refractivity contribution is -0.137. The molecule has 2 amide bonds. The fourth-order valence-corrected chi connectivity index (χ4v) is 4.91. The summed E-state index contributed by atoms with van der Waals surface area (Å²) >= 11 is 3.24. The molecule has 3 N–H and O–H groups in total. The van der Waals surface area contributed by atoms with Gasteiger partial charge in [0, 0.05) is 36.7 Å². The lowest BCUT2D eigenvalue weighted by Crippen LogP contribution is -2.44. The Morgan fingerprint density at radius 3 is 2.58 bits per heavy atom. The number of nitrogens with one attached hydrogen (secondary N) is 1. The second-order valence-electron chi connectivity index (χ2n) is 9.12. The van der Waals surface area contributed by atoms with Crippen molar-refractivity contribution in [3.05, 3.63) is 64.9 Å². The Hall–Kier alpha value is -3.81. The minimum absolute atomic E-state index is 0. The van der Waals surface area contributed by atoms with E-state index in [0.29, 0.717) is 21.3 Å². The number of fused-ring (bicyclic) bond motifs is 1. The Balaban J connectivity index is 0.00000370. The number of rotatable bonds is 7. The summed E-state index contributed by atoms with van der Waals surface area (Å²) < 4.78 is 16.4. The van der Waals surface area contributed by atoms with Crippen molar-refractivity contribution in [3.8, 4) is 11.1 Å². The molecule has 0 aliphatic carbocycles. The molecule has 5 rings (SSSR count). The van der Waals surface area contributed by atoms with Gasteiger partial charge in [-0.3, -0.25) is 19.1 Å². The quantitative estimate of drug-likeness (QED) is 0.233. The summed E-state index contributed by atoms with van der Waals surface area (Å²) in [5, 5.41) is 7.59. The van der Waals surface area contributed by atoms with Gasteiger partial charge in [0.2, 0.25) is 11.8 Å². The summed E-state index contributed by atoms with van der Waals surface area (Å²) in [6, 6.07) is 9.34. The molecule has 4 heterocycles. The van der Waals surface area contributed by atoms with Crippen LogP contribution in [0.5, 0.6) is 0 Å². The number of carbonyl (C=O) groups excluding carboxylic acids is 3. The highest BCUT2D eigenvalue weighted by molar-refractivity contribution is 9.10. The summed E-state index contributed by atoms with van der Waals surface area (Å²) in [6.07, 6.45) is 1.82. The lowest BCUT2D eigenvalue weighted by Gasteiger charge is -2.23. The second-order valence-corrected chi connectivity index (χ2v) is 9.93. The number of hydrogen-bond donors (Lipinski definition) is 2. The van der Waals surface area contributed by atoms with E-state index in [4.69, 9.17) is 5.73 Å². The molecule has 14 heteroatoms. The maximum Gasteiger partial charge on any atom is 0.248 e. The molecular weight excluding hydrogens is 607 g/mol. The van der Waals surface area contributed by atoms with Crippen LogP contribution in [-0.4, -0.2) is 66.0 Å². The minimum atomic E-state index is -1.35. The molecule has 1 aliphatic heterocycles. The molecule has 4 aromatic rings. The van der Waals surface area contributed by atoms with Crippen molar-refractivity contribution in [2.75, 3.05) is 11.9 Å². The Morgan fingerprint density at radius 1 is 1.15 bits per heavy atom. The molecule has 0 spiro atoms. The molecule has 1 aromatic carbocycles. The molecule has 0 saturated carbocycles. The second kappa shape index (κ2) is 12.1. The molecule has 1 fully saturated rings. The van der Waals surface area contributed by atoms with E-state index in [9.17, 15) is 18.8 Å². The molecule has 1 saturated heterocycles. The van der Waals surface area contributed by atoms with Crippen LogP contribution >= 0.6 is 28.3 Å². The zero-order valence-corrected chi connectivity index (χ0v) is 23.7. The number of nitrogens with zero attached hydrogens (tertiary/aromatic N) is 6. The Kier molecular flexibility index (Phi) is 8.86. The summed E-state index contributed by atoms with van der Waals surface area (Å²) in [7, 11) is 0. The van der Waals surface area contributed by atoms with Gasteiger partial charge in [-0.2, -0.15) is 5.10 Å². The normalized spacial score (nSPS) is 16.6. The van der Waals surface area contributed by atoms with E-state index in [1.54, 1.807) is 42.7 Å². The van der Waals surface area contributed by atoms with Gasteiger partial charge in [-0.05, 0) is 45.8 Å².